The summed E-state index contributed by atoms with van der Waals surface area (Å²) < 4.78 is 39.2. The third-order valence-electron chi connectivity index (χ3n) is 2.74. The third kappa shape index (κ3) is 2.95. The van der Waals surface area contributed by atoms with Crippen LogP contribution in [0.4, 0.5) is 19.0 Å². The van der Waals surface area contributed by atoms with Crippen LogP contribution in [-0.2, 0) is 6.18 Å². The van der Waals surface area contributed by atoms with Gasteiger partial charge in [-0.15, -0.1) is 0 Å². The Balaban J connectivity index is 2.41. The molecule has 0 amide bonds. The lowest BCUT2D eigenvalue weighted by Gasteiger charge is -2.25. The number of anilines is 1. The van der Waals surface area contributed by atoms with E-state index in [1.165, 1.54) is 11.1 Å². The van der Waals surface area contributed by atoms with Crippen LogP contribution in [0.1, 0.15) is 18.4 Å². The fourth-order valence-corrected chi connectivity index (χ4v) is 2.16. The Morgan fingerprint density at radius 3 is 2.61 bits per heavy atom. The third-order valence-corrected chi connectivity index (χ3v) is 3.17. The molecule has 18 heavy (non-hydrogen) atoms. The van der Waals surface area contributed by atoms with Gasteiger partial charge in [0.05, 0.1) is 12.2 Å². The topological polar surface area (TPSA) is 36.4 Å². The van der Waals surface area contributed by atoms with E-state index in [1.807, 2.05) is 0 Å². The monoisotopic (exact) mass is 324 g/mol. The zero-order valence-electron chi connectivity index (χ0n) is 9.41. The Hall–Kier alpha value is -0.820. The lowest BCUT2D eigenvalue weighted by Crippen LogP contribution is -2.32. The maximum Gasteiger partial charge on any atom is 0.419 e. The summed E-state index contributed by atoms with van der Waals surface area (Å²) in [6, 6.07) is 1.08. The molecule has 0 aliphatic heterocycles. The predicted molar refractivity (Wildman–Crippen MR) is 64.4 cm³/mol. The van der Waals surface area contributed by atoms with E-state index in [4.69, 9.17) is 5.11 Å². The minimum Gasteiger partial charge on any atom is -0.395 e. The number of rotatable bonds is 4. The van der Waals surface area contributed by atoms with Crippen molar-refractivity contribution in [2.45, 2.75) is 25.1 Å². The summed E-state index contributed by atoms with van der Waals surface area (Å²) in [5.41, 5.74) is -0.766. The average Bonchev–Trinajstić information content (AvgIpc) is 3.09. The smallest absolute Gasteiger partial charge is 0.395 e. The van der Waals surface area contributed by atoms with Gasteiger partial charge in [0, 0.05) is 23.3 Å². The molecule has 0 radical (unpaired) electrons. The lowest BCUT2D eigenvalue weighted by molar-refractivity contribution is -0.137. The van der Waals surface area contributed by atoms with E-state index in [2.05, 4.69) is 20.9 Å². The van der Waals surface area contributed by atoms with Crippen molar-refractivity contribution in [1.82, 2.24) is 4.98 Å². The number of hydrogen-bond acceptors (Lipinski definition) is 3. The quantitative estimate of drug-likeness (QED) is 0.925. The van der Waals surface area contributed by atoms with Crippen LogP contribution in [0.25, 0.3) is 0 Å². The van der Waals surface area contributed by atoms with Gasteiger partial charge >= 0.3 is 6.18 Å². The van der Waals surface area contributed by atoms with E-state index in [9.17, 15) is 13.2 Å². The molecule has 1 aliphatic carbocycles. The van der Waals surface area contributed by atoms with Crippen LogP contribution in [0.5, 0.6) is 0 Å². The maximum atomic E-state index is 13.0. The largest absolute Gasteiger partial charge is 0.419 e. The zero-order chi connectivity index (χ0) is 13.3. The molecule has 100 valence electrons. The Bertz CT molecular complexity index is 435. The molecular formula is C11H12BrF3N2O. The van der Waals surface area contributed by atoms with Crippen LogP contribution in [0.3, 0.4) is 0 Å². The van der Waals surface area contributed by atoms with Crippen LogP contribution >= 0.6 is 15.9 Å². The highest BCUT2D eigenvalue weighted by Gasteiger charge is 2.39. The van der Waals surface area contributed by atoms with Crippen molar-refractivity contribution in [2.24, 2.45) is 0 Å². The number of nitrogens with zero attached hydrogens (tertiary/aromatic N) is 2. The van der Waals surface area contributed by atoms with Gasteiger partial charge in [0.25, 0.3) is 0 Å². The van der Waals surface area contributed by atoms with Crippen molar-refractivity contribution >= 4 is 21.7 Å². The lowest BCUT2D eigenvalue weighted by atomic mass is 10.2. The number of hydrogen-bond donors (Lipinski definition) is 1. The highest BCUT2D eigenvalue weighted by molar-refractivity contribution is 9.10. The van der Waals surface area contributed by atoms with Gasteiger partial charge in [-0.05, 0) is 34.8 Å². The van der Waals surface area contributed by atoms with Crippen LogP contribution in [0.2, 0.25) is 0 Å². The molecule has 0 unspecified atom stereocenters. The number of pyridine rings is 1. The minimum atomic E-state index is -4.45. The number of halogens is 4. The van der Waals surface area contributed by atoms with E-state index in [0.29, 0.717) is 4.47 Å². The highest BCUT2D eigenvalue weighted by atomic mass is 79.9. The van der Waals surface area contributed by atoms with Gasteiger partial charge in [-0.2, -0.15) is 13.2 Å². The Morgan fingerprint density at radius 2 is 2.11 bits per heavy atom. The van der Waals surface area contributed by atoms with Crippen LogP contribution < -0.4 is 4.90 Å². The molecule has 0 saturated heterocycles. The summed E-state index contributed by atoms with van der Waals surface area (Å²) in [5.74, 6) is -0.0951. The summed E-state index contributed by atoms with van der Waals surface area (Å²) in [7, 11) is 0. The van der Waals surface area contributed by atoms with Gasteiger partial charge in [0.15, 0.2) is 0 Å². The summed E-state index contributed by atoms with van der Waals surface area (Å²) in [4.78, 5) is 5.41. The summed E-state index contributed by atoms with van der Waals surface area (Å²) in [6.07, 6.45) is -1.42. The average molecular weight is 325 g/mol. The molecule has 1 saturated carbocycles. The van der Waals surface area contributed by atoms with Crippen molar-refractivity contribution in [1.29, 1.82) is 0 Å². The van der Waals surface area contributed by atoms with Crippen molar-refractivity contribution in [3.63, 3.8) is 0 Å². The molecule has 7 heteroatoms. The van der Waals surface area contributed by atoms with E-state index in [1.54, 1.807) is 0 Å². The summed E-state index contributed by atoms with van der Waals surface area (Å²) in [6.45, 7) is -0.0199. The van der Waals surface area contributed by atoms with Crippen LogP contribution in [0.15, 0.2) is 16.7 Å². The first-order valence-corrected chi connectivity index (χ1v) is 6.33. The van der Waals surface area contributed by atoms with Crippen LogP contribution in [-0.4, -0.2) is 29.3 Å². The molecule has 1 aromatic rings. The first-order chi connectivity index (χ1) is 8.43. The van der Waals surface area contributed by atoms with Crippen molar-refractivity contribution in [3.8, 4) is 0 Å². The van der Waals surface area contributed by atoms with Gasteiger partial charge in [-0.3, -0.25) is 0 Å². The van der Waals surface area contributed by atoms with Gasteiger partial charge < -0.3 is 10.0 Å². The predicted octanol–water partition coefficient (Wildman–Crippen LogP) is 2.82. The standard InChI is InChI=1S/C11H12BrF3N2O/c12-7-5-9(11(13,14)15)10(16-6-7)17(3-4-18)8-1-2-8/h5-6,8,18H,1-4H2. The van der Waals surface area contributed by atoms with E-state index in [-0.39, 0.29) is 25.0 Å². The van der Waals surface area contributed by atoms with E-state index >= 15 is 0 Å². The first-order valence-electron chi connectivity index (χ1n) is 5.53. The normalized spacial score (nSPS) is 15.8. The molecule has 3 nitrogen and oxygen atoms in total. The second kappa shape index (κ2) is 5.05. The summed E-state index contributed by atoms with van der Waals surface area (Å²) in [5, 5.41) is 8.96. The molecule has 0 bridgehead atoms. The van der Waals surface area contributed by atoms with Crippen molar-refractivity contribution in [2.75, 3.05) is 18.1 Å². The van der Waals surface area contributed by atoms with Gasteiger partial charge in [0.1, 0.15) is 5.82 Å². The molecule has 1 aromatic heterocycles. The number of alkyl halides is 3. The maximum absolute atomic E-state index is 13.0. The van der Waals surface area contributed by atoms with Gasteiger partial charge in [-0.1, -0.05) is 0 Å². The number of aliphatic hydroxyl groups is 1. The Labute approximate surface area is 111 Å². The second-order valence-corrected chi connectivity index (χ2v) is 5.09. The van der Waals surface area contributed by atoms with Gasteiger partial charge in [0.2, 0.25) is 0 Å². The molecule has 1 N–H and O–H groups in total. The molecule has 0 atom stereocenters. The number of aliphatic hydroxyl groups excluding tert-OH is 1. The van der Waals surface area contributed by atoms with Crippen molar-refractivity contribution < 1.29 is 18.3 Å². The fourth-order valence-electron chi connectivity index (χ4n) is 1.82. The zero-order valence-corrected chi connectivity index (χ0v) is 11.0. The summed E-state index contributed by atoms with van der Waals surface area (Å²) >= 11 is 3.00. The van der Waals surface area contributed by atoms with Gasteiger partial charge in [-0.25, -0.2) is 4.98 Å². The fraction of sp³-hybridized carbons (Fsp3) is 0.545. The van der Waals surface area contributed by atoms with E-state index < -0.39 is 11.7 Å². The molecule has 0 spiro atoms. The second-order valence-electron chi connectivity index (χ2n) is 4.17. The van der Waals surface area contributed by atoms with Crippen LogP contribution in [0, 0.1) is 0 Å². The molecule has 2 rings (SSSR count). The SMILES string of the molecule is OCCN(c1ncc(Br)cc1C(F)(F)F)C1CC1. The molecular weight excluding hydrogens is 313 g/mol. The Morgan fingerprint density at radius 1 is 1.44 bits per heavy atom. The molecule has 0 aromatic carbocycles. The molecule has 1 aliphatic rings. The van der Waals surface area contributed by atoms with Crippen molar-refractivity contribution in [3.05, 3.63) is 22.3 Å². The molecule has 1 heterocycles. The van der Waals surface area contributed by atoms with E-state index in [0.717, 1.165) is 18.9 Å². The molecule has 1 fully saturated rings. The first kappa shape index (κ1) is 13.6. The Kier molecular flexibility index (Phi) is 3.82. The minimum absolute atomic E-state index is 0.0620. The highest BCUT2D eigenvalue weighted by Crippen LogP contribution is 2.40. The number of aromatic nitrogens is 1.